The van der Waals surface area contributed by atoms with Crippen molar-refractivity contribution in [3.8, 4) is 0 Å². The predicted octanol–water partition coefficient (Wildman–Crippen LogP) is 2.11. The van der Waals surface area contributed by atoms with Crippen LogP contribution < -0.4 is 5.32 Å². The Morgan fingerprint density at radius 3 is 2.80 bits per heavy atom. The molecule has 0 aliphatic heterocycles. The van der Waals surface area contributed by atoms with Crippen LogP contribution >= 0.6 is 0 Å². The molecule has 3 heteroatoms. The molecule has 0 aromatic heterocycles. The van der Waals surface area contributed by atoms with E-state index in [1.807, 2.05) is 6.92 Å². The molecule has 0 radical (unpaired) electrons. The Balaban J connectivity index is 2.10. The van der Waals surface area contributed by atoms with Gasteiger partial charge in [0.1, 0.15) is 0 Å². The fourth-order valence-electron chi connectivity index (χ4n) is 2.21. The van der Waals surface area contributed by atoms with Gasteiger partial charge in [0.2, 0.25) is 0 Å². The van der Waals surface area contributed by atoms with E-state index in [2.05, 4.69) is 12.2 Å². The lowest BCUT2D eigenvalue weighted by Crippen LogP contribution is -2.38. The molecule has 1 saturated carbocycles. The van der Waals surface area contributed by atoms with E-state index in [1.54, 1.807) is 0 Å². The van der Waals surface area contributed by atoms with Crippen LogP contribution in [-0.2, 0) is 9.53 Å². The minimum Gasteiger partial charge on any atom is -0.466 e. The monoisotopic (exact) mass is 213 g/mol. The lowest BCUT2D eigenvalue weighted by molar-refractivity contribution is -0.143. The van der Waals surface area contributed by atoms with Gasteiger partial charge in [-0.05, 0) is 25.7 Å². The standard InChI is InChI=1S/C12H23NO2/c1-3-15-12(14)8-9-13-11-7-5-4-6-10(11)2/h10-11,13H,3-9H2,1-2H3. The number of carbonyl (C=O) groups excluding carboxylic acids is 1. The first-order chi connectivity index (χ1) is 7.24. The third-order valence-corrected chi connectivity index (χ3v) is 3.15. The van der Waals surface area contributed by atoms with Gasteiger partial charge in [-0.15, -0.1) is 0 Å². The van der Waals surface area contributed by atoms with Crippen molar-refractivity contribution in [1.82, 2.24) is 5.32 Å². The summed E-state index contributed by atoms with van der Waals surface area (Å²) in [5, 5.41) is 3.46. The Hall–Kier alpha value is -0.570. The number of esters is 1. The topological polar surface area (TPSA) is 38.3 Å². The highest BCUT2D eigenvalue weighted by molar-refractivity contribution is 5.69. The molecule has 88 valence electrons. The van der Waals surface area contributed by atoms with Crippen molar-refractivity contribution in [3.05, 3.63) is 0 Å². The van der Waals surface area contributed by atoms with Gasteiger partial charge in [-0.2, -0.15) is 0 Å². The van der Waals surface area contributed by atoms with Gasteiger partial charge in [0, 0.05) is 12.6 Å². The molecule has 3 nitrogen and oxygen atoms in total. The van der Waals surface area contributed by atoms with E-state index < -0.39 is 0 Å². The Morgan fingerprint density at radius 2 is 2.13 bits per heavy atom. The molecule has 0 spiro atoms. The predicted molar refractivity (Wildman–Crippen MR) is 60.7 cm³/mol. The molecule has 1 fully saturated rings. The summed E-state index contributed by atoms with van der Waals surface area (Å²) in [5.41, 5.74) is 0. The average Bonchev–Trinajstić information content (AvgIpc) is 2.21. The van der Waals surface area contributed by atoms with Crippen LogP contribution in [0.15, 0.2) is 0 Å². The maximum absolute atomic E-state index is 11.1. The molecule has 15 heavy (non-hydrogen) atoms. The van der Waals surface area contributed by atoms with E-state index in [0.717, 1.165) is 12.5 Å². The van der Waals surface area contributed by atoms with Crippen molar-refractivity contribution in [2.45, 2.75) is 52.0 Å². The van der Waals surface area contributed by atoms with Crippen LogP contribution in [0.4, 0.5) is 0 Å². The van der Waals surface area contributed by atoms with Crippen LogP contribution in [0.3, 0.4) is 0 Å². The first kappa shape index (κ1) is 12.5. The van der Waals surface area contributed by atoms with Gasteiger partial charge in [0.05, 0.1) is 13.0 Å². The zero-order valence-electron chi connectivity index (χ0n) is 9.92. The van der Waals surface area contributed by atoms with E-state index in [9.17, 15) is 4.79 Å². The lowest BCUT2D eigenvalue weighted by Gasteiger charge is -2.29. The lowest BCUT2D eigenvalue weighted by atomic mass is 9.86. The molecule has 1 aliphatic carbocycles. The molecule has 1 aliphatic rings. The zero-order valence-corrected chi connectivity index (χ0v) is 9.92. The van der Waals surface area contributed by atoms with Gasteiger partial charge in [-0.25, -0.2) is 0 Å². The van der Waals surface area contributed by atoms with Gasteiger partial charge in [-0.3, -0.25) is 4.79 Å². The van der Waals surface area contributed by atoms with Crippen molar-refractivity contribution in [3.63, 3.8) is 0 Å². The SMILES string of the molecule is CCOC(=O)CCNC1CCCCC1C. The number of rotatable bonds is 5. The molecule has 0 amide bonds. The molecule has 0 aromatic carbocycles. The highest BCUT2D eigenvalue weighted by atomic mass is 16.5. The molecular formula is C12H23NO2. The van der Waals surface area contributed by atoms with E-state index in [4.69, 9.17) is 4.74 Å². The van der Waals surface area contributed by atoms with Crippen LogP contribution in [0.25, 0.3) is 0 Å². The fourth-order valence-corrected chi connectivity index (χ4v) is 2.21. The second-order valence-electron chi connectivity index (χ2n) is 4.38. The molecule has 1 rings (SSSR count). The van der Waals surface area contributed by atoms with Crippen molar-refractivity contribution in [2.75, 3.05) is 13.2 Å². The Morgan fingerprint density at radius 1 is 1.40 bits per heavy atom. The van der Waals surface area contributed by atoms with E-state index in [1.165, 1.54) is 25.7 Å². The van der Waals surface area contributed by atoms with Crippen LogP contribution in [0.2, 0.25) is 0 Å². The summed E-state index contributed by atoms with van der Waals surface area (Å²) in [7, 11) is 0. The summed E-state index contributed by atoms with van der Waals surface area (Å²) < 4.78 is 4.88. The van der Waals surface area contributed by atoms with Crippen LogP contribution in [0.5, 0.6) is 0 Å². The number of nitrogens with one attached hydrogen (secondary N) is 1. The molecule has 0 aromatic rings. The van der Waals surface area contributed by atoms with E-state index in [0.29, 0.717) is 19.1 Å². The second-order valence-corrected chi connectivity index (χ2v) is 4.38. The Kier molecular flexibility index (Phi) is 5.69. The first-order valence-corrected chi connectivity index (χ1v) is 6.13. The minimum atomic E-state index is -0.0894. The van der Waals surface area contributed by atoms with Gasteiger partial charge < -0.3 is 10.1 Å². The molecule has 0 saturated heterocycles. The molecule has 0 bridgehead atoms. The maximum atomic E-state index is 11.1. The second kappa shape index (κ2) is 6.83. The Labute approximate surface area is 92.6 Å². The largest absolute Gasteiger partial charge is 0.466 e. The summed E-state index contributed by atoms with van der Waals surface area (Å²) >= 11 is 0. The highest BCUT2D eigenvalue weighted by Gasteiger charge is 2.20. The zero-order chi connectivity index (χ0) is 11.1. The Bertz CT molecular complexity index is 194. The number of hydrogen-bond donors (Lipinski definition) is 1. The molecule has 2 atom stereocenters. The smallest absolute Gasteiger partial charge is 0.307 e. The minimum absolute atomic E-state index is 0.0894. The van der Waals surface area contributed by atoms with Crippen molar-refractivity contribution < 1.29 is 9.53 Å². The number of carbonyl (C=O) groups is 1. The summed E-state index contributed by atoms with van der Waals surface area (Å²) in [6.07, 6.45) is 5.75. The molecule has 0 heterocycles. The van der Waals surface area contributed by atoms with E-state index >= 15 is 0 Å². The van der Waals surface area contributed by atoms with Gasteiger partial charge in [0.25, 0.3) is 0 Å². The summed E-state index contributed by atoms with van der Waals surface area (Å²) in [5.74, 6) is 0.661. The van der Waals surface area contributed by atoms with Gasteiger partial charge in [-0.1, -0.05) is 19.8 Å². The van der Waals surface area contributed by atoms with Crippen LogP contribution in [0.1, 0.15) is 46.0 Å². The molecule has 1 N–H and O–H groups in total. The van der Waals surface area contributed by atoms with Crippen molar-refractivity contribution in [2.24, 2.45) is 5.92 Å². The van der Waals surface area contributed by atoms with Gasteiger partial charge in [0.15, 0.2) is 0 Å². The summed E-state index contributed by atoms with van der Waals surface area (Å²) in [6, 6.07) is 0.605. The average molecular weight is 213 g/mol. The molecule has 2 unspecified atom stereocenters. The summed E-state index contributed by atoms with van der Waals surface area (Å²) in [4.78, 5) is 11.1. The highest BCUT2D eigenvalue weighted by Crippen LogP contribution is 2.23. The maximum Gasteiger partial charge on any atom is 0.307 e. The number of hydrogen-bond acceptors (Lipinski definition) is 3. The van der Waals surface area contributed by atoms with Crippen LogP contribution in [-0.4, -0.2) is 25.2 Å². The normalized spacial score (nSPS) is 26.3. The molecular weight excluding hydrogens is 190 g/mol. The van der Waals surface area contributed by atoms with Crippen LogP contribution in [0, 0.1) is 5.92 Å². The van der Waals surface area contributed by atoms with Crippen molar-refractivity contribution >= 4 is 5.97 Å². The van der Waals surface area contributed by atoms with Gasteiger partial charge >= 0.3 is 5.97 Å². The van der Waals surface area contributed by atoms with Crippen molar-refractivity contribution in [1.29, 1.82) is 0 Å². The fraction of sp³-hybridized carbons (Fsp3) is 0.917. The third kappa shape index (κ3) is 4.65. The summed E-state index contributed by atoms with van der Waals surface area (Å²) in [6.45, 7) is 5.38. The first-order valence-electron chi connectivity index (χ1n) is 6.13. The quantitative estimate of drug-likeness (QED) is 0.711. The number of ether oxygens (including phenoxy) is 1. The van der Waals surface area contributed by atoms with E-state index in [-0.39, 0.29) is 5.97 Å². The third-order valence-electron chi connectivity index (χ3n) is 3.15.